The fraction of sp³-hybridized carbons (Fsp3) is 0.158. The molecular formula is C19H17ClN2O3S. The van der Waals surface area contributed by atoms with Gasteiger partial charge >= 0.3 is 0 Å². The molecule has 1 N–H and O–H groups in total. The number of halogens is 1. The first-order valence-electron chi connectivity index (χ1n) is 7.82. The fourth-order valence-electron chi connectivity index (χ4n) is 2.42. The van der Waals surface area contributed by atoms with Crippen LogP contribution >= 0.6 is 22.9 Å². The Kier molecular flexibility index (Phi) is 5.75. The number of rotatable bonds is 6. The van der Waals surface area contributed by atoms with E-state index >= 15 is 0 Å². The molecule has 134 valence electrons. The second-order valence-corrected chi connectivity index (χ2v) is 6.95. The van der Waals surface area contributed by atoms with Crippen molar-refractivity contribution in [2.75, 3.05) is 19.5 Å². The molecule has 0 atom stereocenters. The van der Waals surface area contributed by atoms with E-state index in [0.717, 1.165) is 15.5 Å². The van der Waals surface area contributed by atoms with E-state index in [1.54, 1.807) is 31.5 Å². The first-order valence-corrected chi connectivity index (χ1v) is 9.01. The van der Waals surface area contributed by atoms with Gasteiger partial charge < -0.3 is 9.47 Å². The van der Waals surface area contributed by atoms with Crippen molar-refractivity contribution in [3.63, 3.8) is 0 Å². The molecule has 0 aliphatic heterocycles. The van der Waals surface area contributed by atoms with Crippen molar-refractivity contribution < 1.29 is 14.3 Å². The topological polar surface area (TPSA) is 60.5 Å². The summed E-state index contributed by atoms with van der Waals surface area (Å²) in [6.07, 6.45) is 2.42. The number of benzene rings is 2. The summed E-state index contributed by atoms with van der Waals surface area (Å²) in [5.74, 6) is 0.809. The van der Waals surface area contributed by atoms with Crippen molar-refractivity contribution in [3.8, 4) is 11.5 Å². The van der Waals surface area contributed by atoms with Crippen LogP contribution in [0.15, 0.2) is 48.7 Å². The molecule has 1 aromatic heterocycles. The first-order chi connectivity index (χ1) is 12.6. The summed E-state index contributed by atoms with van der Waals surface area (Å²) in [7, 11) is 3.08. The lowest BCUT2D eigenvalue weighted by Gasteiger charge is -2.09. The maximum Gasteiger partial charge on any atom is 0.257 e. The van der Waals surface area contributed by atoms with Gasteiger partial charge in [0.05, 0.1) is 14.2 Å². The highest BCUT2D eigenvalue weighted by atomic mass is 35.5. The number of ether oxygens (including phenoxy) is 2. The van der Waals surface area contributed by atoms with Gasteiger partial charge in [-0.1, -0.05) is 29.8 Å². The Labute approximate surface area is 160 Å². The second-order valence-electron chi connectivity index (χ2n) is 5.42. The van der Waals surface area contributed by atoms with Gasteiger partial charge in [-0.15, -0.1) is 11.3 Å². The van der Waals surface area contributed by atoms with Crippen molar-refractivity contribution in [1.29, 1.82) is 0 Å². The van der Waals surface area contributed by atoms with Crippen LogP contribution < -0.4 is 14.8 Å². The number of nitrogens with one attached hydrogen (secondary N) is 1. The number of aromatic nitrogens is 1. The van der Waals surface area contributed by atoms with E-state index in [9.17, 15) is 4.79 Å². The van der Waals surface area contributed by atoms with Crippen LogP contribution in [-0.2, 0) is 6.42 Å². The van der Waals surface area contributed by atoms with Crippen LogP contribution in [0.25, 0.3) is 0 Å². The maximum atomic E-state index is 12.4. The maximum absolute atomic E-state index is 12.4. The zero-order valence-corrected chi connectivity index (χ0v) is 15.9. The van der Waals surface area contributed by atoms with Crippen LogP contribution in [0, 0.1) is 0 Å². The summed E-state index contributed by atoms with van der Waals surface area (Å²) in [6, 6.07) is 12.7. The molecule has 1 amide bonds. The Morgan fingerprint density at radius 2 is 1.92 bits per heavy atom. The molecule has 2 aromatic carbocycles. The SMILES string of the molecule is COc1ccc(C(=O)Nc2ncc(Cc3ccccc3Cl)s2)cc1OC. The third-order valence-corrected chi connectivity index (χ3v) is 5.02. The van der Waals surface area contributed by atoms with Gasteiger partial charge in [-0.3, -0.25) is 10.1 Å². The lowest BCUT2D eigenvalue weighted by molar-refractivity contribution is 0.102. The monoisotopic (exact) mass is 388 g/mol. The lowest BCUT2D eigenvalue weighted by atomic mass is 10.1. The number of anilines is 1. The Bertz CT molecular complexity index is 927. The predicted octanol–water partition coefficient (Wildman–Crippen LogP) is 4.66. The number of carbonyl (C=O) groups excluding carboxylic acids is 1. The van der Waals surface area contributed by atoms with Crippen LogP contribution in [0.2, 0.25) is 5.02 Å². The minimum Gasteiger partial charge on any atom is -0.493 e. The third-order valence-electron chi connectivity index (χ3n) is 3.74. The summed E-state index contributed by atoms with van der Waals surface area (Å²) < 4.78 is 10.4. The van der Waals surface area contributed by atoms with Crippen molar-refractivity contribution in [2.24, 2.45) is 0 Å². The van der Waals surface area contributed by atoms with Gasteiger partial charge in [0.1, 0.15) is 0 Å². The molecule has 7 heteroatoms. The summed E-state index contributed by atoms with van der Waals surface area (Å²) in [4.78, 5) is 17.7. The zero-order chi connectivity index (χ0) is 18.5. The number of methoxy groups -OCH3 is 2. The first kappa shape index (κ1) is 18.2. The molecule has 0 aliphatic rings. The van der Waals surface area contributed by atoms with Crippen molar-refractivity contribution in [2.45, 2.75) is 6.42 Å². The van der Waals surface area contributed by atoms with Crippen LogP contribution in [0.3, 0.4) is 0 Å². The minimum atomic E-state index is -0.260. The highest BCUT2D eigenvalue weighted by Crippen LogP contribution is 2.29. The van der Waals surface area contributed by atoms with Gasteiger partial charge in [0.25, 0.3) is 5.91 Å². The van der Waals surface area contributed by atoms with E-state index in [0.29, 0.717) is 28.6 Å². The molecule has 3 aromatic rings. The summed E-state index contributed by atoms with van der Waals surface area (Å²) in [5, 5.41) is 4.06. The number of carbonyl (C=O) groups is 1. The van der Waals surface area contributed by atoms with E-state index in [1.807, 2.05) is 24.3 Å². The molecule has 0 saturated heterocycles. The predicted molar refractivity (Wildman–Crippen MR) is 104 cm³/mol. The highest BCUT2D eigenvalue weighted by Gasteiger charge is 2.13. The van der Waals surface area contributed by atoms with E-state index < -0.39 is 0 Å². The average molecular weight is 389 g/mol. The largest absolute Gasteiger partial charge is 0.493 e. The minimum absolute atomic E-state index is 0.260. The van der Waals surface area contributed by atoms with Crippen molar-refractivity contribution in [1.82, 2.24) is 4.98 Å². The molecule has 26 heavy (non-hydrogen) atoms. The summed E-state index contributed by atoms with van der Waals surface area (Å²) in [6.45, 7) is 0. The van der Waals surface area contributed by atoms with Gasteiger partial charge in [-0.05, 0) is 29.8 Å². The van der Waals surface area contributed by atoms with Gasteiger partial charge in [-0.2, -0.15) is 0 Å². The molecule has 0 saturated carbocycles. The highest BCUT2D eigenvalue weighted by molar-refractivity contribution is 7.15. The molecular weight excluding hydrogens is 372 g/mol. The standard InChI is InChI=1S/C19H17ClN2O3S/c1-24-16-8-7-13(10-17(16)25-2)18(23)22-19-21-11-14(26-19)9-12-5-3-4-6-15(12)20/h3-8,10-11H,9H2,1-2H3,(H,21,22,23). The zero-order valence-electron chi connectivity index (χ0n) is 14.3. The van der Waals surface area contributed by atoms with Crippen molar-refractivity contribution >= 4 is 34.0 Å². The number of nitrogens with zero attached hydrogens (tertiary/aromatic N) is 1. The number of hydrogen-bond acceptors (Lipinski definition) is 5. The smallest absolute Gasteiger partial charge is 0.257 e. The second kappa shape index (κ2) is 8.21. The lowest BCUT2D eigenvalue weighted by Crippen LogP contribution is -2.11. The van der Waals surface area contributed by atoms with E-state index in [2.05, 4.69) is 10.3 Å². The van der Waals surface area contributed by atoms with Crippen LogP contribution in [-0.4, -0.2) is 25.1 Å². The Morgan fingerprint density at radius 3 is 2.65 bits per heavy atom. The van der Waals surface area contributed by atoms with Gasteiger partial charge in [0, 0.05) is 28.1 Å². The van der Waals surface area contributed by atoms with E-state index in [4.69, 9.17) is 21.1 Å². The number of hydrogen-bond donors (Lipinski definition) is 1. The molecule has 5 nitrogen and oxygen atoms in total. The number of thiazole rings is 1. The normalized spacial score (nSPS) is 10.4. The molecule has 0 aliphatic carbocycles. The molecule has 0 unspecified atom stereocenters. The van der Waals surface area contributed by atoms with E-state index in [1.165, 1.54) is 18.4 Å². The fourth-order valence-corrected chi connectivity index (χ4v) is 3.46. The van der Waals surface area contributed by atoms with Gasteiger partial charge in [0.15, 0.2) is 16.6 Å². The van der Waals surface area contributed by atoms with Crippen LogP contribution in [0.5, 0.6) is 11.5 Å². The summed E-state index contributed by atoms with van der Waals surface area (Å²) in [5.41, 5.74) is 1.49. The molecule has 3 rings (SSSR count). The van der Waals surface area contributed by atoms with E-state index in [-0.39, 0.29) is 5.91 Å². The number of amides is 1. The Balaban J connectivity index is 1.71. The molecule has 0 bridgehead atoms. The molecule has 0 spiro atoms. The molecule has 1 heterocycles. The van der Waals surface area contributed by atoms with Gasteiger partial charge in [-0.25, -0.2) is 4.98 Å². The van der Waals surface area contributed by atoms with Crippen LogP contribution in [0.4, 0.5) is 5.13 Å². The summed E-state index contributed by atoms with van der Waals surface area (Å²) >= 11 is 7.61. The van der Waals surface area contributed by atoms with Crippen molar-refractivity contribution in [3.05, 3.63) is 69.7 Å². The third kappa shape index (κ3) is 4.15. The Hall–Kier alpha value is -2.57. The van der Waals surface area contributed by atoms with Gasteiger partial charge in [0.2, 0.25) is 0 Å². The molecule has 0 radical (unpaired) electrons. The Morgan fingerprint density at radius 1 is 1.15 bits per heavy atom. The quantitative estimate of drug-likeness (QED) is 0.667. The average Bonchev–Trinajstić information content (AvgIpc) is 3.09. The van der Waals surface area contributed by atoms with Crippen LogP contribution in [0.1, 0.15) is 20.8 Å². The molecule has 0 fully saturated rings.